The van der Waals surface area contributed by atoms with Gasteiger partial charge in [-0.25, -0.2) is 0 Å². The van der Waals surface area contributed by atoms with Gasteiger partial charge in [-0.1, -0.05) is 145 Å². The zero-order valence-corrected chi connectivity index (χ0v) is 24.7. The van der Waals surface area contributed by atoms with Gasteiger partial charge in [-0.2, -0.15) is 0 Å². The molecule has 204 valence electrons. The Balaban J connectivity index is 1.47. The van der Waals surface area contributed by atoms with Crippen LogP contribution in [0.2, 0.25) is 0 Å². The normalized spacial score (nSPS) is 12.3. The molecular formula is C44H28. The van der Waals surface area contributed by atoms with Gasteiger partial charge in [0.2, 0.25) is 0 Å². The van der Waals surface area contributed by atoms with E-state index >= 15 is 0 Å². The van der Waals surface area contributed by atoms with Gasteiger partial charge in [0.05, 0.1) is 0 Å². The summed E-state index contributed by atoms with van der Waals surface area (Å²) in [7, 11) is 0. The largest absolute Gasteiger partial charge is 0.0616 e. The fraction of sp³-hybridized carbons (Fsp3) is 0.0455. The molecule has 0 heterocycles. The molecule has 0 unspecified atom stereocenters. The number of aryl methyl sites for hydroxylation is 2. The molecule has 9 aromatic rings. The summed E-state index contributed by atoms with van der Waals surface area (Å²) in [4.78, 5) is 0. The Morgan fingerprint density at radius 2 is 0.773 bits per heavy atom. The molecule has 0 amide bonds. The average Bonchev–Trinajstić information content (AvgIpc) is 3.38. The molecule has 0 radical (unpaired) electrons. The first-order chi connectivity index (χ1) is 21.7. The SMILES string of the molecule is Cc1cccc(-c2c3c(c(-c4cccc(C)c4)c4ccccc24)-c2ccc4c5cccc6cccc(c7ccc-3c2c74)c65)c1. The predicted octanol–water partition coefficient (Wildman–Crippen LogP) is 12.5. The van der Waals surface area contributed by atoms with E-state index in [0.29, 0.717) is 0 Å². The third-order valence-electron chi connectivity index (χ3n) is 10.0. The Morgan fingerprint density at radius 1 is 0.318 bits per heavy atom. The highest BCUT2D eigenvalue weighted by molar-refractivity contribution is 6.39. The molecule has 0 fully saturated rings. The Labute approximate surface area is 256 Å². The first-order valence-electron chi connectivity index (χ1n) is 15.5. The van der Waals surface area contributed by atoms with Crippen LogP contribution in [0.1, 0.15) is 11.1 Å². The lowest BCUT2D eigenvalue weighted by molar-refractivity contribution is 1.47. The fourth-order valence-electron chi connectivity index (χ4n) is 8.33. The van der Waals surface area contributed by atoms with Gasteiger partial charge >= 0.3 is 0 Å². The summed E-state index contributed by atoms with van der Waals surface area (Å²) in [5, 5.41) is 13.4. The first-order valence-corrected chi connectivity index (χ1v) is 15.5. The molecule has 0 heteroatoms. The van der Waals surface area contributed by atoms with Crippen molar-refractivity contribution >= 4 is 53.9 Å². The van der Waals surface area contributed by atoms with Crippen LogP contribution in [0.3, 0.4) is 0 Å². The number of rotatable bonds is 2. The van der Waals surface area contributed by atoms with Crippen LogP contribution in [0, 0.1) is 13.8 Å². The predicted molar refractivity (Wildman–Crippen MR) is 190 cm³/mol. The summed E-state index contributed by atoms with van der Waals surface area (Å²) in [6.45, 7) is 4.40. The second-order valence-corrected chi connectivity index (χ2v) is 12.6. The van der Waals surface area contributed by atoms with Gasteiger partial charge in [0, 0.05) is 0 Å². The van der Waals surface area contributed by atoms with E-state index in [4.69, 9.17) is 0 Å². The molecule has 0 aromatic heterocycles. The molecule has 1 aliphatic rings. The summed E-state index contributed by atoms with van der Waals surface area (Å²) >= 11 is 0. The van der Waals surface area contributed by atoms with E-state index in [2.05, 4.69) is 147 Å². The van der Waals surface area contributed by atoms with Crippen LogP contribution in [0.5, 0.6) is 0 Å². The van der Waals surface area contributed by atoms with Gasteiger partial charge in [-0.15, -0.1) is 0 Å². The lowest BCUT2D eigenvalue weighted by Gasteiger charge is -2.21. The van der Waals surface area contributed by atoms with Gasteiger partial charge in [0.15, 0.2) is 0 Å². The van der Waals surface area contributed by atoms with Crippen LogP contribution in [0.4, 0.5) is 0 Å². The molecule has 9 aromatic carbocycles. The Morgan fingerprint density at radius 3 is 1.27 bits per heavy atom. The minimum absolute atomic E-state index is 1.28. The Hall–Kier alpha value is -5.46. The number of hydrogen-bond acceptors (Lipinski definition) is 0. The van der Waals surface area contributed by atoms with E-state index in [0.717, 1.165) is 0 Å². The van der Waals surface area contributed by atoms with Gasteiger partial charge in [-0.3, -0.25) is 0 Å². The summed E-state index contributed by atoms with van der Waals surface area (Å²) in [6, 6.07) is 50.3. The Bertz CT molecular complexity index is 2490. The van der Waals surface area contributed by atoms with E-state index in [1.807, 2.05) is 0 Å². The van der Waals surface area contributed by atoms with Crippen molar-refractivity contribution < 1.29 is 0 Å². The lowest BCUT2D eigenvalue weighted by atomic mass is 9.82. The van der Waals surface area contributed by atoms with Crippen LogP contribution < -0.4 is 0 Å². The fourth-order valence-corrected chi connectivity index (χ4v) is 8.33. The van der Waals surface area contributed by atoms with E-state index in [-0.39, 0.29) is 0 Å². The van der Waals surface area contributed by atoms with E-state index in [1.54, 1.807) is 0 Å². The van der Waals surface area contributed by atoms with Crippen LogP contribution in [-0.4, -0.2) is 0 Å². The molecule has 10 rings (SSSR count). The van der Waals surface area contributed by atoms with Crippen molar-refractivity contribution in [3.05, 3.63) is 145 Å². The summed E-state index contributed by atoms with van der Waals surface area (Å²) in [6.07, 6.45) is 0. The van der Waals surface area contributed by atoms with Crippen molar-refractivity contribution in [2.75, 3.05) is 0 Å². The molecule has 0 bridgehead atoms. The highest BCUT2D eigenvalue weighted by atomic mass is 14.3. The van der Waals surface area contributed by atoms with Crippen LogP contribution >= 0.6 is 0 Å². The van der Waals surface area contributed by atoms with Crippen molar-refractivity contribution in [1.82, 2.24) is 0 Å². The summed E-state index contributed by atoms with van der Waals surface area (Å²) in [5.41, 5.74) is 13.2. The van der Waals surface area contributed by atoms with Gasteiger partial charge < -0.3 is 0 Å². The summed E-state index contributed by atoms with van der Waals surface area (Å²) in [5.74, 6) is 0. The molecule has 0 nitrogen and oxygen atoms in total. The minimum Gasteiger partial charge on any atom is -0.0616 e. The standard InChI is InChI=1S/C44H28/c1-25-9-5-13-28(23-25)39-32-15-3-4-16-33(32)40(29-14-6-10-26(2)24-29)44-37-22-20-35-31-18-8-12-27-11-7-17-30(38(27)31)34-19-21-36(43(39)44)42(37)41(34)35/h3-24H,1-2H3. The van der Waals surface area contributed by atoms with Crippen LogP contribution in [-0.2, 0) is 0 Å². The second-order valence-electron chi connectivity index (χ2n) is 12.6. The molecule has 0 saturated heterocycles. The second kappa shape index (κ2) is 8.56. The molecule has 0 spiro atoms. The lowest BCUT2D eigenvalue weighted by Crippen LogP contribution is -1.94. The Kier molecular flexibility index (Phi) is 4.67. The van der Waals surface area contributed by atoms with E-state index in [1.165, 1.54) is 109 Å². The molecule has 1 aliphatic carbocycles. The van der Waals surface area contributed by atoms with Crippen molar-refractivity contribution in [3.63, 3.8) is 0 Å². The quantitative estimate of drug-likeness (QED) is 0.147. The van der Waals surface area contributed by atoms with E-state index < -0.39 is 0 Å². The van der Waals surface area contributed by atoms with Gasteiger partial charge in [0.1, 0.15) is 0 Å². The molecule has 0 saturated carbocycles. The zero-order valence-electron chi connectivity index (χ0n) is 24.7. The molecule has 0 aliphatic heterocycles. The molecular weight excluding hydrogens is 528 g/mol. The monoisotopic (exact) mass is 556 g/mol. The van der Waals surface area contributed by atoms with Crippen LogP contribution in [0.25, 0.3) is 98.4 Å². The summed E-state index contributed by atoms with van der Waals surface area (Å²) < 4.78 is 0. The zero-order chi connectivity index (χ0) is 29.1. The maximum absolute atomic E-state index is 2.41. The van der Waals surface area contributed by atoms with Crippen molar-refractivity contribution in [1.29, 1.82) is 0 Å². The smallest absolute Gasteiger partial charge is 0.000740 e. The average molecular weight is 557 g/mol. The van der Waals surface area contributed by atoms with Gasteiger partial charge in [-0.05, 0) is 112 Å². The third kappa shape index (κ3) is 3.02. The highest BCUT2D eigenvalue weighted by Crippen LogP contribution is 2.59. The van der Waals surface area contributed by atoms with Gasteiger partial charge in [0.25, 0.3) is 0 Å². The topological polar surface area (TPSA) is 0 Å². The first kappa shape index (κ1) is 24.0. The van der Waals surface area contributed by atoms with Crippen molar-refractivity contribution in [2.24, 2.45) is 0 Å². The third-order valence-corrected chi connectivity index (χ3v) is 10.0. The highest BCUT2D eigenvalue weighted by Gasteiger charge is 2.32. The molecule has 44 heavy (non-hydrogen) atoms. The molecule has 0 atom stereocenters. The number of fused-ring (bicyclic) bond motifs is 6. The maximum Gasteiger partial charge on any atom is -0.000740 e. The number of hydrogen-bond donors (Lipinski definition) is 0. The van der Waals surface area contributed by atoms with Crippen molar-refractivity contribution in [2.45, 2.75) is 13.8 Å². The maximum atomic E-state index is 2.41. The minimum atomic E-state index is 1.28. The molecule has 0 N–H and O–H groups in total. The van der Waals surface area contributed by atoms with E-state index in [9.17, 15) is 0 Å². The van der Waals surface area contributed by atoms with Crippen LogP contribution in [0.15, 0.2) is 133 Å². The van der Waals surface area contributed by atoms with Crippen molar-refractivity contribution in [3.8, 4) is 44.5 Å². The number of benzene rings is 9.